The molecule has 1 heterocycles. The second kappa shape index (κ2) is 5.15. The van der Waals surface area contributed by atoms with Crippen molar-refractivity contribution >= 4 is 0 Å². The summed E-state index contributed by atoms with van der Waals surface area (Å²) in [6.45, 7) is 8.57. The Morgan fingerprint density at radius 1 is 1.57 bits per heavy atom. The first-order valence-corrected chi connectivity index (χ1v) is 5.33. The SMILES string of the molecule is CCC(C)CNCc1cn(C)nc1C. The van der Waals surface area contributed by atoms with Gasteiger partial charge in [-0.3, -0.25) is 4.68 Å². The summed E-state index contributed by atoms with van der Waals surface area (Å²) < 4.78 is 1.87. The van der Waals surface area contributed by atoms with Gasteiger partial charge in [-0.2, -0.15) is 5.10 Å². The topological polar surface area (TPSA) is 29.9 Å². The van der Waals surface area contributed by atoms with Crippen LogP contribution in [0.25, 0.3) is 0 Å². The first-order chi connectivity index (χ1) is 6.63. The molecule has 0 saturated carbocycles. The van der Waals surface area contributed by atoms with Gasteiger partial charge in [-0.05, 0) is 19.4 Å². The fourth-order valence-electron chi connectivity index (χ4n) is 1.42. The second-order valence-electron chi connectivity index (χ2n) is 4.06. The Hall–Kier alpha value is -0.830. The summed E-state index contributed by atoms with van der Waals surface area (Å²) in [5.74, 6) is 0.756. The third-order valence-electron chi connectivity index (χ3n) is 2.62. The molecule has 3 nitrogen and oxygen atoms in total. The van der Waals surface area contributed by atoms with Crippen molar-refractivity contribution in [2.24, 2.45) is 13.0 Å². The first kappa shape index (κ1) is 11.2. The quantitative estimate of drug-likeness (QED) is 0.777. The monoisotopic (exact) mass is 195 g/mol. The molecule has 1 aromatic heterocycles. The standard InChI is InChI=1S/C11H21N3/c1-5-9(2)6-12-7-11-8-14(4)13-10(11)3/h8-9,12H,5-7H2,1-4H3. The van der Waals surface area contributed by atoms with E-state index in [0.717, 1.165) is 24.7 Å². The van der Waals surface area contributed by atoms with Crippen LogP contribution in [0.1, 0.15) is 31.5 Å². The van der Waals surface area contributed by atoms with Gasteiger partial charge in [0.25, 0.3) is 0 Å². The molecule has 0 radical (unpaired) electrons. The molecular formula is C11H21N3. The lowest BCUT2D eigenvalue weighted by Gasteiger charge is -2.09. The van der Waals surface area contributed by atoms with Crippen LogP contribution >= 0.6 is 0 Å². The van der Waals surface area contributed by atoms with Crippen molar-refractivity contribution in [2.45, 2.75) is 33.7 Å². The largest absolute Gasteiger partial charge is 0.312 e. The summed E-state index contributed by atoms with van der Waals surface area (Å²) in [7, 11) is 1.96. The van der Waals surface area contributed by atoms with Crippen LogP contribution in [0.5, 0.6) is 0 Å². The number of nitrogens with one attached hydrogen (secondary N) is 1. The maximum atomic E-state index is 4.31. The Morgan fingerprint density at radius 3 is 2.79 bits per heavy atom. The van der Waals surface area contributed by atoms with E-state index in [9.17, 15) is 0 Å². The van der Waals surface area contributed by atoms with Crippen LogP contribution in [0.4, 0.5) is 0 Å². The van der Waals surface area contributed by atoms with Crippen LogP contribution in [0.2, 0.25) is 0 Å². The lowest BCUT2D eigenvalue weighted by Crippen LogP contribution is -2.20. The highest BCUT2D eigenvalue weighted by molar-refractivity contribution is 5.14. The van der Waals surface area contributed by atoms with Crippen LogP contribution in [0, 0.1) is 12.8 Å². The van der Waals surface area contributed by atoms with Crippen molar-refractivity contribution < 1.29 is 0 Å². The highest BCUT2D eigenvalue weighted by atomic mass is 15.2. The molecule has 0 aliphatic heterocycles. The molecule has 3 heteroatoms. The molecule has 0 fully saturated rings. The summed E-state index contributed by atoms with van der Waals surface area (Å²) in [5, 5.41) is 7.76. The molecule has 1 aromatic rings. The fourth-order valence-corrected chi connectivity index (χ4v) is 1.42. The molecule has 0 bridgehead atoms. The summed E-state index contributed by atoms with van der Waals surface area (Å²) in [6.07, 6.45) is 3.32. The molecule has 0 aromatic carbocycles. The van der Waals surface area contributed by atoms with Crippen LogP contribution in [-0.2, 0) is 13.6 Å². The number of aryl methyl sites for hydroxylation is 2. The predicted octanol–water partition coefficient (Wildman–Crippen LogP) is 1.86. The zero-order valence-electron chi connectivity index (χ0n) is 9.67. The van der Waals surface area contributed by atoms with Gasteiger partial charge in [-0.15, -0.1) is 0 Å². The molecule has 0 aliphatic carbocycles. The lowest BCUT2D eigenvalue weighted by atomic mass is 10.1. The van der Waals surface area contributed by atoms with Gasteiger partial charge in [0, 0.05) is 25.4 Å². The molecule has 1 unspecified atom stereocenters. The highest BCUT2D eigenvalue weighted by Crippen LogP contribution is 2.04. The summed E-state index contributed by atoms with van der Waals surface area (Å²) in [4.78, 5) is 0. The minimum atomic E-state index is 0.756. The third kappa shape index (κ3) is 3.14. The Labute approximate surface area is 86.5 Å². The number of rotatable bonds is 5. The molecular weight excluding hydrogens is 174 g/mol. The van der Waals surface area contributed by atoms with Crippen molar-refractivity contribution in [1.82, 2.24) is 15.1 Å². The van der Waals surface area contributed by atoms with Crippen molar-refractivity contribution in [3.05, 3.63) is 17.5 Å². The smallest absolute Gasteiger partial charge is 0.0638 e. The van der Waals surface area contributed by atoms with Gasteiger partial charge in [0.05, 0.1) is 5.69 Å². The van der Waals surface area contributed by atoms with E-state index in [0.29, 0.717) is 0 Å². The Balaban J connectivity index is 2.34. The summed E-state index contributed by atoms with van der Waals surface area (Å²) in [6, 6.07) is 0. The molecule has 0 saturated heterocycles. The predicted molar refractivity (Wildman–Crippen MR) is 59.1 cm³/mol. The zero-order valence-corrected chi connectivity index (χ0v) is 9.67. The molecule has 1 N–H and O–H groups in total. The first-order valence-electron chi connectivity index (χ1n) is 5.33. The fraction of sp³-hybridized carbons (Fsp3) is 0.727. The van der Waals surface area contributed by atoms with E-state index in [1.807, 2.05) is 11.7 Å². The molecule has 1 atom stereocenters. The normalized spacial score (nSPS) is 13.1. The third-order valence-corrected chi connectivity index (χ3v) is 2.62. The van der Waals surface area contributed by atoms with Gasteiger partial charge < -0.3 is 5.32 Å². The van der Waals surface area contributed by atoms with Gasteiger partial charge >= 0.3 is 0 Å². The summed E-state index contributed by atoms with van der Waals surface area (Å²) >= 11 is 0. The van der Waals surface area contributed by atoms with E-state index in [-0.39, 0.29) is 0 Å². The van der Waals surface area contributed by atoms with E-state index in [1.165, 1.54) is 12.0 Å². The van der Waals surface area contributed by atoms with Crippen molar-refractivity contribution in [3.63, 3.8) is 0 Å². The molecule has 0 aliphatic rings. The van der Waals surface area contributed by atoms with E-state index in [2.05, 4.69) is 37.4 Å². The molecule has 0 spiro atoms. The van der Waals surface area contributed by atoms with E-state index >= 15 is 0 Å². The van der Waals surface area contributed by atoms with Crippen molar-refractivity contribution in [1.29, 1.82) is 0 Å². The van der Waals surface area contributed by atoms with Gasteiger partial charge in [0.2, 0.25) is 0 Å². The van der Waals surface area contributed by atoms with Gasteiger partial charge in [-0.1, -0.05) is 20.3 Å². The van der Waals surface area contributed by atoms with E-state index in [1.54, 1.807) is 0 Å². The minimum Gasteiger partial charge on any atom is -0.312 e. The number of hydrogen-bond donors (Lipinski definition) is 1. The second-order valence-corrected chi connectivity index (χ2v) is 4.06. The average Bonchev–Trinajstić information content (AvgIpc) is 2.45. The number of nitrogens with zero attached hydrogens (tertiary/aromatic N) is 2. The molecule has 80 valence electrons. The maximum Gasteiger partial charge on any atom is 0.0638 e. The number of hydrogen-bond acceptors (Lipinski definition) is 2. The summed E-state index contributed by atoms with van der Waals surface area (Å²) in [5.41, 5.74) is 2.43. The van der Waals surface area contributed by atoms with E-state index < -0.39 is 0 Å². The zero-order chi connectivity index (χ0) is 10.6. The van der Waals surface area contributed by atoms with Crippen LogP contribution in [0.15, 0.2) is 6.20 Å². The average molecular weight is 195 g/mol. The van der Waals surface area contributed by atoms with Gasteiger partial charge in [0.15, 0.2) is 0 Å². The Morgan fingerprint density at radius 2 is 2.29 bits per heavy atom. The minimum absolute atomic E-state index is 0.756. The maximum absolute atomic E-state index is 4.31. The molecule has 14 heavy (non-hydrogen) atoms. The van der Waals surface area contributed by atoms with Crippen molar-refractivity contribution in [2.75, 3.05) is 6.54 Å². The van der Waals surface area contributed by atoms with Crippen LogP contribution < -0.4 is 5.32 Å². The van der Waals surface area contributed by atoms with Gasteiger partial charge in [-0.25, -0.2) is 0 Å². The van der Waals surface area contributed by atoms with Crippen LogP contribution in [0.3, 0.4) is 0 Å². The van der Waals surface area contributed by atoms with Crippen molar-refractivity contribution in [3.8, 4) is 0 Å². The molecule has 1 rings (SSSR count). The van der Waals surface area contributed by atoms with E-state index in [4.69, 9.17) is 0 Å². The van der Waals surface area contributed by atoms with Gasteiger partial charge in [0.1, 0.15) is 0 Å². The molecule has 0 amide bonds. The lowest BCUT2D eigenvalue weighted by molar-refractivity contribution is 0.499. The Kier molecular flexibility index (Phi) is 4.14. The van der Waals surface area contributed by atoms with Crippen LogP contribution in [-0.4, -0.2) is 16.3 Å². The number of aromatic nitrogens is 2. The highest BCUT2D eigenvalue weighted by Gasteiger charge is 2.03. The Bertz CT molecular complexity index is 278.